The van der Waals surface area contributed by atoms with Crippen LogP contribution < -0.4 is 10.6 Å². The highest BCUT2D eigenvalue weighted by atomic mass is 15.2. The molecule has 0 amide bonds. The lowest BCUT2D eigenvalue weighted by Crippen LogP contribution is -2.32. The third-order valence-electron chi connectivity index (χ3n) is 4.90. The van der Waals surface area contributed by atoms with Gasteiger partial charge in [-0.3, -0.25) is 4.90 Å². The molecule has 0 bridgehead atoms. The molecule has 1 saturated heterocycles. The van der Waals surface area contributed by atoms with E-state index in [0.29, 0.717) is 6.04 Å². The standard InChI is InChI=1S/C15H22N6/c1-16-9-21-6-10-4-12(5-11(10)7-21)20-15-13-2-3-17-14(13)18-8-19-15/h2-3,8,10-12,16H,4-7,9H2,1H3,(H2,17,18,19,20)/t10-,11+,12?. The molecule has 3 N–H and O–H groups in total. The van der Waals surface area contributed by atoms with Crippen LogP contribution in [0.4, 0.5) is 5.82 Å². The van der Waals surface area contributed by atoms with Crippen molar-refractivity contribution in [3.63, 3.8) is 0 Å². The van der Waals surface area contributed by atoms with Gasteiger partial charge in [0.2, 0.25) is 0 Å². The van der Waals surface area contributed by atoms with Crippen molar-refractivity contribution < 1.29 is 0 Å². The molecule has 0 spiro atoms. The number of anilines is 1. The summed E-state index contributed by atoms with van der Waals surface area (Å²) in [6, 6.07) is 2.59. The molecule has 2 aromatic heterocycles. The topological polar surface area (TPSA) is 68.9 Å². The summed E-state index contributed by atoms with van der Waals surface area (Å²) in [6.45, 7) is 3.47. The second kappa shape index (κ2) is 5.27. The van der Waals surface area contributed by atoms with Crippen LogP contribution >= 0.6 is 0 Å². The number of likely N-dealkylation sites (tertiary alicyclic amines) is 1. The minimum atomic E-state index is 0.546. The van der Waals surface area contributed by atoms with E-state index in [1.54, 1.807) is 6.33 Å². The SMILES string of the molecule is CNCN1C[C@H]2CC(Nc3ncnc4[nH]ccc34)C[C@H]2C1. The molecule has 1 saturated carbocycles. The van der Waals surface area contributed by atoms with Crippen molar-refractivity contribution in [1.29, 1.82) is 0 Å². The van der Waals surface area contributed by atoms with Gasteiger partial charge >= 0.3 is 0 Å². The summed E-state index contributed by atoms with van der Waals surface area (Å²) in [6.07, 6.45) is 6.05. The zero-order valence-corrected chi connectivity index (χ0v) is 12.3. The number of hydrogen-bond acceptors (Lipinski definition) is 5. The summed E-state index contributed by atoms with van der Waals surface area (Å²) in [5, 5.41) is 7.99. The van der Waals surface area contributed by atoms with Crippen LogP contribution in [0.1, 0.15) is 12.8 Å². The first-order valence-corrected chi connectivity index (χ1v) is 7.75. The molecule has 1 aliphatic heterocycles. The molecule has 0 radical (unpaired) electrons. The van der Waals surface area contributed by atoms with Crippen LogP contribution in [0.15, 0.2) is 18.6 Å². The van der Waals surface area contributed by atoms with Crippen LogP contribution in [0.2, 0.25) is 0 Å². The smallest absolute Gasteiger partial charge is 0.142 e. The molecule has 2 aliphatic rings. The molecule has 0 aromatic carbocycles. The summed E-state index contributed by atoms with van der Waals surface area (Å²) in [7, 11) is 2.02. The Kier molecular flexibility index (Phi) is 3.27. The highest BCUT2D eigenvalue weighted by Gasteiger charge is 2.40. The van der Waals surface area contributed by atoms with Gasteiger partial charge in [0.1, 0.15) is 17.8 Å². The molecule has 4 rings (SSSR count). The summed E-state index contributed by atoms with van der Waals surface area (Å²) in [5.74, 6) is 2.64. The Morgan fingerprint density at radius 3 is 2.86 bits per heavy atom. The molecule has 3 heterocycles. The maximum atomic E-state index is 4.42. The van der Waals surface area contributed by atoms with Gasteiger partial charge in [-0.05, 0) is 37.8 Å². The minimum absolute atomic E-state index is 0.546. The van der Waals surface area contributed by atoms with E-state index >= 15 is 0 Å². The normalized spacial score (nSPS) is 29.1. The molecule has 2 fully saturated rings. The quantitative estimate of drug-likeness (QED) is 0.789. The number of aromatic amines is 1. The Bertz CT molecular complexity index is 609. The summed E-state index contributed by atoms with van der Waals surface area (Å²) >= 11 is 0. The van der Waals surface area contributed by atoms with Gasteiger partial charge in [0.05, 0.1) is 5.39 Å². The second-order valence-electron chi connectivity index (χ2n) is 6.34. The Hall–Kier alpha value is -1.66. The van der Waals surface area contributed by atoms with Crippen LogP contribution in [-0.4, -0.2) is 52.7 Å². The third-order valence-corrected chi connectivity index (χ3v) is 4.90. The number of H-pyrrole nitrogens is 1. The van der Waals surface area contributed by atoms with Crippen LogP contribution in [0, 0.1) is 11.8 Å². The van der Waals surface area contributed by atoms with Gasteiger partial charge < -0.3 is 15.6 Å². The maximum absolute atomic E-state index is 4.42. The summed E-state index contributed by atoms with van der Waals surface area (Å²) in [4.78, 5) is 14.3. The molecule has 21 heavy (non-hydrogen) atoms. The van der Waals surface area contributed by atoms with E-state index in [2.05, 4.69) is 30.5 Å². The fourth-order valence-corrected chi connectivity index (χ4v) is 4.05. The van der Waals surface area contributed by atoms with Gasteiger partial charge in [-0.2, -0.15) is 0 Å². The van der Waals surface area contributed by atoms with E-state index in [-0.39, 0.29) is 0 Å². The first-order valence-electron chi connectivity index (χ1n) is 7.75. The molecule has 1 aliphatic carbocycles. The fraction of sp³-hybridized carbons (Fsp3) is 0.600. The third kappa shape index (κ3) is 2.38. The van der Waals surface area contributed by atoms with Crippen molar-refractivity contribution in [3.05, 3.63) is 18.6 Å². The number of nitrogens with zero attached hydrogens (tertiary/aromatic N) is 3. The van der Waals surface area contributed by atoms with Gasteiger partial charge in [0.25, 0.3) is 0 Å². The van der Waals surface area contributed by atoms with Gasteiger partial charge in [0.15, 0.2) is 0 Å². The van der Waals surface area contributed by atoms with Gasteiger partial charge in [0, 0.05) is 32.0 Å². The predicted octanol–water partition coefficient (Wildman–Crippen LogP) is 1.26. The highest BCUT2D eigenvalue weighted by Crippen LogP contribution is 2.39. The zero-order chi connectivity index (χ0) is 14.2. The van der Waals surface area contributed by atoms with E-state index in [4.69, 9.17) is 0 Å². The lowest BCUT2D eigenvalue weighted by Gasteiger charge is -2.19. The van der Waals surface area contributed by atoms with Gasteiger partial charge in [-0.25, -0.2) is 9.97 Å². The summed E-state index contributed by atoms with van der Waals surface area (Å²) in [5.41, 5.74) is 0.908. The van der Waals surface area contributed by atoms with Crippen LogP contribution in [0.25, 0.3) is 11.0 Å². The van der Waals surface area contributed by atoms with Crippen LogP contribution in [-0.2, 0) is 0 Å². The van der Waals surface area contributed by atoms with E-state index in [0.717, 1.165) is 35.4 Å². The summed E-state index contributed by atoms with van der Waals surface area (Å²) < 4.78 is 0. The molecular formula is C15H22N6. The lowest BCUT2D eigenvalue weighted by atomic mass is 10.0. The molecule has 6 heteroatoms. The zero-order valence-electron chi connectivity index (χ0n) is 12.3. The molecule has 3 atom stereocenters. The first-order chi connectivity index (χ1) is 10.3. The molecular weight excluding hydrogens is 264 g/mol. The van der Waals surface area contributed by atoms with Crippen molar-refractivity contribution in [2.75, 3.05) is 32.1 Å². The molecule has 2 aromatic rings. The van der Waals surface area contributed by atoms with Gasteiger partial charge in [-0.15, -0.1) is 0 Å². The highest BCUT2D eigenvalue weighted by molar-refractivity contribution is 5.86. The maximum Gasteiger partial charge on any atom is 0.142 e. The monoisotopic (exact) mass is 286 g/mol. The second-order valence-corrected chi connectivity index (χ2v) is 6.34. The van der Waals surface area contributed by atoms with Crippen molar-refractivity contribution in [2.45, 2.75) is 18.9 Å². The fourth-order valence-electron chi connectivity index (χ4n) is 4.05. The van der Waals surface area contributed by atoms with Crippen molar-refractivity contribution >= 4 is 16.9 Å². The van der Waals surface area contributed by atoms with Crippen LogP contribution in [0.3, 0.4) is 0 Å². The first kappa shape index (κ1) is 13.0. The average molecular weight is 286 g/mol. The number of rotatable bonds is 4. The number of aromatic nitrogens is 3. The molecule has 1 unspecified atom stereocenters. The van der Waals surface area contributed by atoms with E-state index in [1.807, 2.05) is 19.3 Å². The van der Waals surface area contributed by atoms with E-state index in [1.165, 1.54) is 25.9 Å². The molecule has 112 valence electrons. The lowest BCUT2D eigenvalue weighted by molar-refractivity contribution is 0.293. The minimum Gasteiger partial charge on any atom is -0.367 e. The number of fused-ring (bicyclic) bond motifs is 2. The van der Waals surface area contributed by atoms with E-state index < -0.39 is 0 Å². The Balaban J connectivity index is 1.43. The van der Waals surface area contributed by atoms with Crippen LogP contribution in [0.5, 0.6) is 0 Å². The van der Waals surface area contributed by atoms with Crippen molar-refractivity contribution in [1.82, 2.24) is 25.2 Å². The average Bonchev–Trinajstić information content (AvgIpc) is 3.13. The molecule has 6 nitrogen and oxygen atoms in total. The number of hydrogen-bond donors (Lipinski definition) is 3. The Morgan fingerprint density at radius 2 is 2.10 bits per heavy atom. The van der Waals surface area contributed by atoms with Crippen molar-refractivity contribution in [2.24, 2.45) is 11.8 Å². The Morgan fingerprint density at radius 1 is 1.29 bits per heavy atom. The Labute approximate surface area is 124 Å². The van der Waals surface area contributed by atoms with Crippen molar-refractivity contribution in [3.8, 4) is 0 Å². The largest absolute Gasteiger partial charge is 0.367 e. The van der Waals surface area contributed by atoms with Gasteiger partial charge in [-0.1, -0.05) is 0 Å². The number of nitrogens with one attached hydrogen (secondary N) is 3. The predicted molar refractivity (Wildman–Crippen MR) is 83.0 cm³/mol. The van der Waals surface area contributed by atoms with E-state index in [9.17, 15) is 0 Å².